The first-order chi connectivity index (χ1) is 14.0. The molecule has 6 heteroatoms. The Labute approximate surface area is 173 Å². The van der Waals surface area contributed by atoms with Crippen LogP contribution in [0.2, 0.25) is 0 Å². The van der Waals surface area contributed by atoms with Crippen LogP contribution in [0.4, 0.5) is 11.4 Å². The van der Waals surface area contributed by atoms with E-state index in [1.807, 2.05) is 43.3 Å². The molecule has 0 aromatic heterocycles. The number of hydrogen-bond donors (Lipinski definition) is 2. The molecule has 0 aliphatic rings. The number of nitrogens with one attached hydrogen (secondary N) is 2. The average Bonchev–Trinajstić information content (AvgIpc) is 2.73. The van der Waals surface area contributed by atoms with Crippen LogP contribution in [0.5, 0.6) is 5.75 Å². The quantitative estimate of drug-likeness (QED) is 0.633. The highest BCUT2D eigenvalue weighted by atomic mass is 16.5. The topological polar surface area (TPSA) is 70.7 Å². The normalized spacial score (nSPS) is 11.8. The molecule has 2 N–H and O–H groups in total. The van der Waals surface area contributed by atoms with Crippen LogP contribution in [-0.2, 0) is 9.59 Å². The molecule has 0 saturated carbocycles. The van der Waals surface area contributed by atoms with Gasteiger partial charge in [-0.2, -0.15) is 0 Å². The van der Waals surface area contributed by atoms with Crippen LogP contribution < -0.4 is 15.4 Å². The molecule has 0 aliphatic heterocycles. The molecule has 29 heavy (non-hydrogen) atoms. The van der Waals surface area contributed by atoms with Gasteiger partial charge in [-0.3, -0.25) is 14.5 Å². The SMILES string of the molecule is CC[C@@H](C)c1ccccc1NC(=O)CN(CC)CC(=O)Nc1ccccc1OC. The number of ether oxygens (including phenoxy) is 1. The second kappa shape index (κ2) is 11.2. The van der Waals surface area contributed by atoms with Crippen LogP contribution in [0.1, 0.15) is 38.7 Å². The zero-order valence-corrected chi connectivity index (χ0v) is 17.7. The van der Waals surface area contributed by atoms with Crippen LogP contribution >= 0.6 is 0 Å². The summed E-state index contributed by atoms with van der Waals surface area (Å²) in [6.45, 7) is 7.05. The summed E-state index contributed by atoms with van der Waals surface area (Å²) in [6.07, 6.45) is 0.997. The largest absolute Gasteiger partial charge is 0.495 e. The van der Waals surface area contributed by atoms with Crippen molar-refractivity contribution in [2.45, 2.75) is 33.1 Å². The number of benzene rings is 2. The highest BCUT2D eigenvalue weighted by Gasteiger charge is 2.16. The fourth-order valence-electron chi connectivity index (χ4n) is 3.07. The van der Waals surface area contributed by atoms with Gasteiger partial charge in [0.1, 0.15) is 5.75 Å². The van der Waals surface area contributed by atoms with Gasteiger partial charge in [-0.15, -0.1) is 0 Å². The Bertz CT molecular complexity index is 823. The second-order valence-corrected chi connectivity index (χ2v) is 7.00. The van der Waals surface area contributed by atoms with Gasteiger partial charge < -0.3 is 15.4 Å². The van der Waals surface area contributed by atoms with E-state index in [1.165, 1.54) is 0 Å². The minimum atomic E-state index is -0.191. The molecule has 6 nitrogen and oxygen atoms in total. The van der Waals surface area contributed by atoms with Gasteiger partial charge in [0.15, 0.2) is 0 Å². The number of likely N-dealkylation sites (N-methyl/N-ethyl adjacent to an activating group) is 1. The van der Waals surface area contributed by atoms with Crippen LogP contribution in [0.3, 0.4) is 0 Å². The monoisotopic (exact) mass is 397 g/mol. The van der Waals surface area contributed by atoms with Gasteiger partial charge in [-0.1, -0.05) is 51.1 Å². The van der Waals surface area contributed by atoms with Gasteiger partial charge in [0.2, 0.25) is 11.8 Å². The number of nitrogens with zero attached hydrogens (tertiary/aromatic N) is 1. The first-order valence-electron chi connectivity index (χ1n) is 10.0. The smallest absolute Gasteiger partial charge is 0.238 e. The lowest BCUT2D eigenvalue weighted by Crippen LogP contribution is -2.38. The van der Waals surface area contributed by atoms with Gasteiger partial charge in [-0.05, 0) is 42.6 Å². The minimum Gasteiger partial charge on any atom is -0.495 e. The van der Waals surface area contributed by atoms with Crippen LogP contribution in [0.25, 0.3) is 0 Å². The van der Waals surface area contributed by atoms with E-state index >= 15 is 0 Å². The summed E-state index contributed by atoms with van der Waals surface area (Å²) >= 11 is 0. The van der Waals surface area contributed by atoms with Crippen LogP contribution in [0.15, 0.2) is 48.5 Å². The molecule has 0 spiro atoms. The molecule has 0 aliphatic carbocycles. The molecule has 0 heterocycles. The molecule has 0 unspecified atom stereocenters. The number of rotatable bonds is 10. The Morgan fingerprint density at radius 1 is 0.931 bits per heavy atom. The Balaban J connectivity index is 1.96. The molecular formula is C23H31N3O3. The average molecular weight is 398 g/mol. The third-order valence-corrected chi connectivity index (χ3v) is 4.94. The van der Waals surface area contributed by atoms with Crippen molar-refractivity contribution in [3.63, 3.8) is 0 Å². The van der Waals surface area contributed by atoms with E-state index in [1.54, 1.807) is 24.1 Å². The fraction of sp³-hybridized carbons (Fsp3) is 0.391. The zero-order valence-electron chi connectivity index (χ0n) is 17.7. The van der Waals surface area contributed by atoms with E-state index in [0.29, 0.717) is 23.9 Å². The van der Waals surface area contributed by atoms with Gasteiger partial charge in [-0.25, -0.2) is 0 Å². The maximum atomic E-state index is 12.6. The van der Waals surface area contributed by atoms with E-state index < -0.39 is 0 Å². The molecule has 0 bridgehead atoms. The summed E-state index contributed by atoms with van der Waals surface area (Å²) in [5.74, 6) is 0.639. The molecule has 0 saturated heterocycles. The summed E-state index contributed by atoms with van der Waals surface area (Å²) in [5, 5.41) is 5.84. The molecule has 2 aromatic carbocycles. The van der Waals surface area contributed by atoms with Crippen molar-refractivity contribution in [2.75, 3.05) is 37.4 Å². The minimum absolute atomic E-state index is 0.120. The maximum absolute atomic E-state index is 12.6. The van der Waals surface area contributed by atoms with E-state index in [9.17, 15) is 9.59 Å². The summed E-state index contributed by atoms with van der Waals surface area (Å²) < 4.78 is 5.26. The van der Waals surface area contributed by atoms with Crippen molar-refractivity contribution in [2.24, 2.45) is 0 Å². The Kier molecular flexibility index (Phi) is 8.68. The third-order valence-electron chi connectivity index (χ3n) is 4.94. The maximum Gasteiger partial charge on any atom is 0.238 e. The summed E-state index contributed by atoms with van der Waals surface area (Å²) in [4.78, 5) is 26.8. The Morgan fingerprint density at radius 3 is 2.07 bits per heavy atom. The van der Waals surface area contributed by atoms with E-state index in [2.05, 4.69) is 24.5 Å². The lowest BCUT2D eigenvalue weighted by molar-refractivity contribution is -0.119. The van der Waals surface area contributed by atoms with Crippen molar-refractivity contribution in [3.8, 4) is 5.75 Å². The summed E-state index contributed by atoms with van der Waals surface area (Å²) in [5.41, 5.74) is 2.57. The van der Waals surface area contributed by atoms with E-state index in [0.717, 1.165) is 17.7 Å². The predicted molar refractivity (Wildman–Crippen MR) is 118 cm³/mol. The summed E-state index contributed by atoms with van der Waals surface area (Å²) in [6, 6.07) is 15.1. The van der Waals surface area contributed by atoms with Crippen LogP contribution in [0, 0.1) is 0 Å². The lowest BCUT2D eigenvalue weighted by atomic mass is 9.97. The van der Waals surface area contributed by atoms with Crippen LogP contribution in [-0.4, -0.2) is 43.5 Å². The van der Waals surface area contributed by atoms with Gasteiger partial charge in [0, 0.05) is 5.69 Å². The standard InChI is InChI=1S/C23H31N3O3/c1-5-17(3)18-11-7-8-12-19(18)24-22(27)15-26(6-2)16-23(28)25-20-13-9-10-14-21(20)29-4/h7-14,17H,5-6,15-16H2,1-4H3,(H,24,27)(H,25,28)/t17-/m1/s1. The van der Waals surface area contributed by atoms with E-state index in [4.69, 9.17) is 4.74 Å². The number of carbonyl (C=O) groups is 2. The number of amides is 2. The highest BCUT2D eigenvalue weighted by molar-refractivity contribution is 5.95. The number of carbonyl (C=O) groups excluding carboxylic acids is 2. The third kappa shape index (κ3) is 6.61. The highest BCUT2D eigenvalue weighted by Crippen LogP contribution is 2.26. The van der Waals surface area contributed by atoms with Gasteiger partial charge in [0.25, 0.3) is 0 Å². The lowest BCUT2D eigenvalue weighted by Gasteiger charge is -2.21. The number of hydrogen-bond acceptors (Lipinski definition) is 4. The van der Waals surface area contributed by atoms with Gasteiger partial charge in [0.05, 0.1) is 25.9 Å². The van der Waals surface area contributed by atoms with Crippen molar-refractivity contribution in [1.29, 1.82) is 0 Å². The predicted octanol–water partition coefficient (Wildman–Crippen LogP) is 4.11. The van der Waals surface area contributed by atoms with E-state index in [-0.39, 0.29) is 24.9 Å². The first kappa shape index (κ1) is 22.4. The zero-order chi connectivity index (χ0) is 21.2. The molecular weight excluding hydrogens is 366 g/mol. The van der Waals surface area contributed by atoms with Crippen molar-refractivity contribution in [1.82, 2.24) is 4.90 Å². The molecule has 1 atom stereocenters. The summed E-state index contributed by atoms with van der Waals surface area (Å²) in [7, 11) is 1.56. The molecule has 156 valence electrons. The molecule has 2 aromatic rings. The molecule has 0 radical (unpaired) electrons. The molecule has 0 fully saturated rings. The second-order valence-electron chi connectivity index (χ2n) is 7.00. The number of anilines is 2. The van der Waals surface area contributed by atoms with Gasteiger partial charge >= 0.3 is 0 Å². The van der Waals surface area contributed by atoms with Crippen molar-refractivity contribution < 1.29 is 14.3 Å². The molecule has 2 rings (SSSR count). The van der Waals surface area contributed by atoms with Crippen molar-refractivity contribution >= 4 is 23.2 Å². The number of para-hydroxylation sites is 3. The van der Waals surface area contributed by atoms with Crippen molar-refractivity contribution in [3.05, 3.63) is 54.1 Å². The fourth-order valence-corrected chi connectivity index (χ4v) is 3.07. The molecule has 2 amide bonds. The Morgan fingerprint density at radius 2 is 1.48 bits per heavy atom. The first-order valence-corrected chi connectivity index (χ1v) is 10.0. The Hall–Kier alpha value is -2.86. The number of methoxy groups -OCH3 is 1.